The Morgan fingerprint density at radius 2 is 1.64 bits per heavy atom. The van der Waals surface area contributed by atoms with Crippen LogP contribution in [0.3, 0.4) is 0 Å². The van der Waals surface area contributed by atoms with Gasteiger partial charge in [-0.3, -0.25) is 33.2 Å². The number of nitrogen functional groups attached to an aromatic ring is 1. The largest absolute Gasteiger partial charge is 0.480 e. The third kappa shape index (κ3) is 8.50. The lowest BCUT2D eigenvalue weighted by atomic mass is 9.88. The highest BCUT2D eigenvalue weighted by molar-refractivity contribution is 8.00. The first-order chi connectivity index (χ1) is 25.7. The Kier molecular flexibility index (Phi) is 11.7. The third-order valence-electron chi connectivity index (χ3n) is 8.72. The number of ether oxygens (including phenoxy) is 1. The van der Waals surface area contributed by atoms with Crippen molar-refractivity contribution in [1.82, 2.24) is 10.2 Å². The summed E-state index contributed by atoms with van der Waals surface area (Å²) in [6, 6.07) is 7.18. The number of hydrogen-bond acceptors (Lipinski definition) is 13. The number of nitrogens with zero attached hydrogens (tertiary/aromatic N) is 1. The maximum absolute atomic E-state index is 13.3. The smallest absolute Gasteiger partial charge is 0.336 e. The molecule has 2 aliphatic heterocycles. The number of amides is 3. The first-order valence-corrected chi connectivity index (χ1v) is 20.2. The van der Waals surface area contributed by atoms with Crippen molar-refractivity contribution in [1.29, 1.82) is 0 Å². The summed E-state index contributed by atoms with van der Waals surface area (Å²) >= 11 is 1.01. The molecular weight excluding hydrogens is 785 g/mol. The van der Waals surface area contributed by atoms with Gasteiger partial charge >= 0.3 is 11.9 Å². The Labute approximate surface area is 317 Å². The van der Waals surface area contributed by atoms with Gasteiger partial charge in [-0.25, -0.2) is 4.79 Å². The Hall–Kier alpha value is -5.32. The van der Waals surface area contributed by atoms with Crippen molar-refractivity contribution in [2.75, 3.05) is 24.6 Å². The number of carboxylic acid groups (broad SMARTS) is 2. The van der Waals surface area contributed by atoms with Gasteiger partial charge in [0.05, 0.1) is 16.5 Å². The average molecular weight is 819 g/mol. The van der Waals surface area contributed by atoms with E-state index in [1.54, 1.807) is 0 Å². The van der Waals surface area contributed by atoms with Gasteiger partial charge in [-0.05, 0) is 66.4 Å². The van der Waals surface area contributed by atoms with Crippen LogP contribution in [0.1, 0.15) is 57.5 Å². The molecule has 5 rings (SSSR count). The summed E-state index contributed by atoms with van der Waals surface area (Å²) in [6.07, 6.45) is 1.24. The predicted molar refractivity (Wildman–Crippen MR) is 196 cm³/mol. The molecule has 0 radical (unpaired) electrons. The molecule has 0 aliphatic carbocycles. The summed E-state index contributed by atoms with van der Waals surface area (Å²) in [5.74, 6) is -5.51. The summed E-state index contributed by atoms with van der Waals surface area (Å²) < 4.78 is 75.9. The molecule has 3 aromatic carbocycles. The molecule has 3 amide bonds. The van der Waals surface area contributed by atoms with E-state index < -0.39 is 87.8 Å². The van der Waals surface area contributed by atoms with Crippen LogP contribution < -0.4 is 32.0 Å². The molecule has 0 spiro atoms. The van der Waals surface area contributed by atoms with E-state index in [1.807, 2.05) is 0 Å². The molecule has 0 aromatic heterocycles. The van der Waals surface area contributed by atoms with Gasteiger partial charge in [-0.2, -0.15) is 16.8 Å². The number of aliphatic carboxylic acids is 1. The third-order valence-corrected chi connectivity index (χ3v) is 11.9. The van der Waals surface area contributed by atoms with E-state index in [1.165, 1.54) is 30.3 Å². The highest BCUT2D eigenvalue weighted by Gasteiger charge is 2.39. The van der Waals surface area contributed by atoms with Crippen LogP contribution >= 0.6 is 11.8 Å². The molecule has 2 atom stereocenters. The van der Waals surface area contributed by atoms with Gasteiger partial charge in [-0.15, -0.1) is 11.8 Å². The van der Waals surface area contributed by atoms with E-state index in [0.717, 1.165) is 28.8 Å². The fraction of sp³-hybridized carbons (Fsp3) is 0.265. The second-order valence-corrected chi connectivity index (χ2v) is 16.4. The van der Waals surface area contributed by atoms with E-state index >= 15 is 0 Å². The normalized spacial score (nSPS) is 15.9. The molecule has 2 heterocycles. The number of fused-ring (bicyclic) bond motifs is 2. The number of benzene rings is 3. The molecule has 1 fully saturated rings. The zero-order valence-electron chi connectivity index (χ0n) is 28.6. The quantitative estimate of drug-likeness (QED) is 0.0369. The number of anilines is 1. The zero-order chi connectivity index (χ0) is 40.6. The van der Waals surface area contributed by atoms with Gasteiger partial charge in [0.2, 0.25) is 11.8 Å². The molecule has 292 valence electrons. The van der Waals surface area contributed by atoms with Gasteiger partial charge in [0.1, 0.15) is 10.9 Å². The molecule has 3 aromatic rings. The number of likely N-dealkylation sites (tertiary alicyclic amines) is 1. The SMILES string of the molecule is C=c1ccc2c(c1S(=O)(=O)O)Oc1c(ccc(N)c1S(=O)(=O)O)C=2c1cc(C(=O)NCCCCCN2C(=O)CC(SC[C@H](N)C(=O)O)C2=O)ccc1C(=O)O. The standard InChI is InChI=1S/C34H34N4O14S3/c1-16-5-7-19-26(20-9-10-22(35)30(55(49,50)51)28(20)52-27(19)29(16)54(46,47)48)21-13-17(6-8-18(21)33(42)43)31(40)37-11-3-2-4-12-38-25(39)14-24(32(38)41)53-15-23(36)34(44)45/h5-10,13,23-24H,1-4,11-12,14-15,35-36H2,(H,37,40)(H,42,43)(H,44,45)(H,46,47,48)(H,49,50,51)/t23-,24?/m0/s1. The maximum atomic E-state index is 13.3. The number of carbonyl (C=O) groups is 5. The molecular formula is C34H34N4O14S3. The van der Waals surface area contributed by atoms with Crippen molar-refractivity contribution in [2.45, 2.75) is 46.8 Å². The number of carbonyl (C=O) groups excluding carboxylic acids is 3. The number of unbranched alkanes of at least 4 members (excludes halogenated alkanes) is 2. The molecule has 55 heavy (non-hydrogen) atoms. The molecule has 9 N–H and O–H groups in total. The summed E-state index contributed by atoms with van der Waals surface area (Å²) in [5.41, 5.74) is 9.90. The number of carboxylic acids is 2. The Morgan fingerprint density at radius 1 is 0.945 bits per heavy atom. The Balaban J connectivity index is 1.40. The Morgan fingerprint density at radius 3 is 2.27 bits per heavy atom. The van der Waals surface area contributed by atoms with Crippen molar-refractivity contribution in [3.63, 3.8) is 0 Å². The van der Waals surface area contributed by atoms with Crippen molar-refractivity contribution in [3.05, 3.63) is 75.2 Å². The van der Waals surface area contributed by atoms with E-state index in [2.05, 4.69) is 11.9 Å². The number of nitrogens with two attached hydrogens (primary N) is 2. The number of imide groups is 1. The fourth-order valence-corrected chi connectivity index (χ4v) is 8.78. The molecule has 0 bridgehead atoms. The number of aromatic carboxylic acids is 1. The molecule has 21 heteroatoms. The van der Waals surface area contributed by atoms with Crippen molar-refractivity contribution in [3.8, 4) is 11.5 Å². The minimum absolute atomic E-state index is 0.0298. The van der Waals surface area contributed by atoms with Crippen LogP contribution in [0.25, 0.3) is 12.2 Å². The maximum Gasteiger partial charge on any atom is 0.336 e. The lowest BCUT2D eigenvalue weighted by Crippen LogP contribution is -2.35. The average Bonchev–Trinajstić information content (AvgIpc) is 3.36. The van der Waals surface area contributed by atoms with Crippen LogP contribution in [0.4, 0.5) is 5.69 Å². The van der Waals surface area contributed by atoms with E-state index in [-0.39, 0.29) is 63.9 Å². The summed E-state index contributed by atoms with van der Waals surface area (Å²) in [4.78, 5) is 61.1. The van der Waals surface area contributed by atoms with Crippen LogP contribution in [0.2, 0.25) is 0 Å². The fourth-order valence-electron chi connectivity index (χ4n) is 6.13. The lowest BCUT2D eigenvalue weighted by molar-refractivity contribution is -0.139. The molecule has 0 saturated carbocycles. The Bertz CT molecular complexity index is 2490. The minimum Gasteiger partial charge on any atom is -0.480 e. The number of hydrogen-bond donors (Lipinski definition) is 7. The number of nitrogens with one attached hydrogen (secondary N) is 1. The second kappa shape index (κ2) is 15.8. The highest BCUT2D eigenvalue weighted by Crippen LogP contribution is 2.44. The van der Waals surface area contributed by atoms with E-state index in [0.29, 0.717) is 19.3 Å². The first-order valence-electron chi connectivity index (χ1n) is 16.2. The van der Waals surface area contributed by atoms with Crippen LogP contribution in [0.5, 0.6) is 11.5 Å². The van der Waals surface area contributed by atoms with Crippen LogP contribution in [-0.4, -0.2) is 101 Å². The van der Waals surface area contributed by atoms with Crippen LogP contribution in [-0.2, 0) is 34.6 Å². The van der Waals surface area contributed by atoms with Gasteiger partial charge < -0.3 is 31.7 Å². The molecule has 1 saturated heterocycles. The minimum atomic E-state index is -5.16. The highest BCUT2D eigenvalue weighted by atomic mass is 32.2. The predicted octanol–water partition coefficient (Wildman–Crippen LogP) is 0.396. The monoisotopic (exact) mass is 818 g/mol. The molecule has 18 nitrogen and oxygen atoms in total. The molecule has 1 unspecified atom stereocenters. The van der Waals surface area contributed by atoms with Gasteiger partial charge in [-0.1, -0.05) is 12.6 Å². The first kappa shape index (κ1) is 40.9. The summed E-state index contributed by atoms with van der Waals surface area (Å²) in [5, 5.41) is 20.7. The lowest BCUT2D eigenvalue weighted by Gasteiger charge is -2.25. The van der Waals surface area contributed by atoms with Gasteiger partial charge in [0.25, 0.3) is 26.1 Å². The van der Waals surface area contributed by atoms with Crippen LogP contribution in [0, 0.1) is 0 Å². The van der Waals surface area contributed by atoms with Crippen molar-refractivity contribution >= 4 is 79.5 Å². The molecule has 2 aliphatic rings. The number of thioether (sulfide) groups is 1. The van der Waals surface area contributed by atoms with Gasteiger partial charge in [0, 0.05) is 47.2 Å². The van der Waals surface area contributed by atoms with Crippen molar-refractivity contribution < 1.29 is 64.9 Å². The van der Waals surface area contributed by atoms with E-state index in [9.17, 15) is 55.0 Å². The number of rotatable bonds is 15. The summed E-state index contributed by atoms with van der Waals surface area (Å²) in [6.45, 7) is 3.84. The summed E-state index contributed by atoms with van der Waals surface area (Å²) in [7, 11) is -10.3. The second-order valence-electron chi connectivity index (χ2n) is 12.5. The van der Waals surface area contributed by atoms with Crippen molar-refractivity contribution in [2.24, 2.45) is 5.73 Å². The van der Waals surface area contributed by atoms with Gasteiger partial charge in [0.15, 0.2) is 16.4 Å². The van der Waals surface area contributed by atoms with E-state index in [4.69, 9.17) is 21.3 Å². The zero-order valence-corrected chi connectivity index (χ0v) is 31.0. The topological polar surface area (TPSA) is 311 Å². The van der Waals surface area contributed by atoms with Crippen LogP contribution in [0.15, 0.2) is 52.3 Å².